The molecule has 148 valence electrons. The van der Waals surface area contributed by atoms with Gasteiger partial charge in [0.1, 0.15) is 0 Å². The first-order valence-corrected chi connectivity index (χ1v) is 11.0. The van der Waals surface area contributed by atoms with Crippen molar-refractivity contribution < 1.29 is 0 Å². The molecule has 1 aliphatic carbocycles. The summed E-state index contributed by atoms with van der Waals surface area (Å²) in [6.45, 7) is 4.59. The van der Waals surface area contributed by atoms with Gasteiger partial charge in [-0.15, -0.1) is 0 Å². The van der Waals surface area contributed by atoms with E-state index in [4.69, 9.17) is 4.98 Å². The van der Waals surface area contributed by atoms with E-state index in [0.717, 1.165) is 0 Å². The molecule has 0 amide bonds. The third-order valence-electron chi connectivity index (χ3n) is 7.43. The largest absolute Gasteiger partial charge is 0.416 e. The van der Waals surface area contributed by atoms with Crippen LogP contribution in [-0.2, 0) is 0 Å². The van der Waals surface area contributed by atoms with Crippen molar-refractivity contribution in [1.29, 1.82) is 0 Å². The van der Waals surface area contributed by atoms with Crippen LogP contribution in [0.15, 0.2) is 72.9 Å². The zero-order valence-electron chi connectivity index (χ0n) is 17.9. The second-order valence-electron chi connectivity index (χ2n) is 8.98. The maximum absolute atomic E-state index is 4.99. The number of fused-ring (bicyclic) bond motifs is 5. The van der Waals surface area contributed by atoms with Crippen LogP contribution in [0.3, 0.4) is 0 Å². The molecule has 1 atom stereocenters. The molecule has 0 radical (unpaired) electrons. The second-order valence-corrected chi connectivity index (χ2v) is 8.98. The molecule has 1 unspecified atom stereocenters. The van der Waals surface area contributed by atoms with Crippen LogP contribution in [0, 0.1) is 13.8 Å². The Labute approximate surface area is 183 Å². The Hall–Kier alpha value is -3.53. The first kappa shape index (κ1) is 17.2. The summed E-state index contributed by atoms with van der Waals surface area (Å²) >= 11 is 0. The van der Waals surface area contributed by atoms with Gasteiger partial charge in [-0.05, 0) is 60.7 Å². The van der Waals surface area contributed by atoms with Crippen LogP contribution in [-0.4, -0.2) is 19.0 Å². The van der Waals surface area contributed by atoms with Crippen LogP contribution in [0.4, 0.5) is 17.1 Å². The highest BCUT2D eigenvalue weighted by molar-refractivity contribution is 6.84. The number of rotatable bonds is 1. The van der Waals surface area contributed by atoms with Gasteiger partial charge in [-0.2, -0.15) is 0 Å². The summed E-state index contributed by atoms with van der Waals surface area (Å²) in [6, 6.07) is 24.4. The van der Waals surface area contributed by atoms with E-state index in [0.29, 0.717) is 0 Å². The summed E-state index contributed by atoms with van der Waals surface area (Å²) in [5, 5.41) is 0. The normalized spacial score (nSPS) is 17.0. The molecule has 1 aromatic heterocycles. The fourth-order valence-electron chi connectivity index (χ4n) is 6.17. The van der Waals surface area contributed by atoms with Gasteiger partial charge in [-0.1, -0.05) is 65.7 Å². The van der Waals surface area contributed by atoms with Gasteiger partial charge in [0.25, 0.3) is 0 Å². The van der Waals surface area contributed by atoms with Gasteiger partial charge < -0.3 is 9.62 Å². The van der Waals surface area contributed by atoms with E-state index < -0.39 is 0 Å². The zero-order valence-corrected chi connectivity index (χ0v) is 17.9. The lowest BCUT2D eigenvalue weighted by molar-refractivity contribution is 0.924. The Balaban J connectivity index is 1.58. The third kappa shape index (κ3) is 1.98. The Morgan fingerprint density at radius 2 is 1.55 bits per heavy atom. The van der Waals surface area contributed by atoms with E-state index in [1.54, 1.807) is 0 Å². The van der Waals surface area contributed by atoms with Gasteiger partial charge in [-0.25, -0.2) is 0 Å². The quantitative estimate of drug-likeness (QED) is 0.363. The van der Waals surface area contributed by atoms with Crippen LogP contribution in [0.25, 0.3) is 11.1 Å². The Bertz CT molecular complexity index is 1390. The number of aromatic nitrogens is 1. The Morgan fingerprint density at radius 3 is 2.39 bits per heavy atom. The van der Waals surface area contributed by atoms with Crippen LogP contribution >= 0.6 is 0 Å². The highest BCUT2D eigenvalue weighted by Gasteiger charge is 2.50. The average molecular weight is 399 g/mol. The smallest absolute Gasteiger partial charge is 0.393 e. The summed E-state index contributed by atoms with van der Waals surface area (Å²) in [7, 11) is 2.22. The lowest BCUT2D eigenvalue weighted by Crippen LogP contribution is -2.55. The molecular formula is C27H22BN3. The number of pyridine rings is 1. The van der Waals surface area contributed by atoms with E-state index >= 15 is 0 Å². The van der Waals surface area contributed by atoms with E-state index in [-0.39, 0.29) is 12.9 Å². The van der Waals surface area contributed by atoms with Crippen molar-refractivity contribution in [2.45, 2.75) is 19.8 Å². The minimum Gasteiger partial charge on any atom is -0.393 e. The standard InChI is InChI=1S/C27H22BN3/c1-16-8-6-9-17(2)25(16)28-30(3)22-14-15-29-26-24-20-11-5-4-10-18(20)19-12-7-13-21(23(19)24)31(28)27(22)26/h4-15,24H,1-3H3. The van der Waals surface area contributed by atoms with E-state index in [9.17, 15) is 0 Å². The number of hydrogen-bond acceptors (Lipinski definition) is 3. The zero-order chi connectivity index (χ0) is 20.9. The van der Waals surface area contributed by atoms with Gasteiger partial charge in [-0.3, -0.25) is 4.98 Å². The lowest BCUT2D eigenvalue weighted by atomic mass is 9.61. The molecule has 7 rings (SSSR count). The van der Waals surface area contributed by atoms with E-state index in [1.807, 2.05) is 6.20 Å². The third-order valence-corrected chi connectivity index (χ3v) is 7.43. The topological polar surface area (TPSA) is 19.4 Å². The van der Waals surface area contributed by atoms with Gasteiger partial charge >= 0.3 is 6.98 Å². The number of aryl methyl sites for hydroxylation is 2. The van der Waals surface area contributed by atoms with Crippen molar-refractivity contribution in [2.24, 2.45) is 0 Å². The maximum Gasteiger partial charge on any atom is 0.416 e. The summed E-state index contributed by atoms with van der Waals surface area (Å²) in [5.74, 6) is 0.207. The molecule has 31 heavy (non-hydrogen) atoms. The number of nitrogens with zero attached hydrogens (tertiary/aromatic N) is 3. The molecule has 3 aromatic carbocycles. The van der Waals surface area contributed by atoms with Gasteiger partial charge in [0, 0.05) is 11.9 Å². The van der Waals surface area contributed by atoms with Crippen molar-refractivity contribution in [2.75, 3.05) is 16.7 Å². The second kappa shape index (κ2) is 5.79. The van der Waals surface area contributed by atoms with Crippen LogP contribution in [0.2, 0.25) is 0 Å². The minimum atomic E-state index is 0.121. The molecule has 3 aliphatic rings. The van der Waals surface area contributed by atoms with Crippen LogP contribution in [0.1, 0.15) is 33.9 Å². The van der Waals surface area contributed by atoms with Gasteiger partial charge in [0.05, 0.1) is 23.0 Å². The predicted octanol–water partition coefficient (Wildman–Crippen LogP) is 5.16. The highest BCUT2D eigenvalue weighted by atomic mass is 15.3. The summed E-state index contributed by atoms with van der Waals surface area (Å²) in [4.78, 5) is 9.98. The van der Waals surface area contributed by atoms with E-state index in [1.165, 1.54) is 61.6 Å². The minimum absolute atomic E-state index is 0.121. The molecule has 3 heterocycles. The lowest BCUT2D eigenvalue weighted by Gasteiger charge is -2.36. The van der Waals surface area contributed by atoms with Gasteiger partial charge in [0.2, 0.25) is 0 Å². The van der Waals surface area contributed by atoms with E-state index in [2.05, 4.69) is 97.2 Å². The van der Waals surface area contributed by atoms with Gasteiger partial charge in [0.15, 0.2) is 0 Å². The molecule has 0 spiro atoms. The molecule has 4 heteroatoms. The fourth-order valence-corrected chi connectivity index (χ4v) is 6.17. The highest BCUT2D eigenvalue weighted by Crippen LogP contribution is 2.60. The molecule has 0 bridgehead atoms. The predicted molar refractivity (Wildman–Crippen MR) is 129 cm³/mol. The SMILES string of the molecule is Cc1cccc(C)c1B1N(C)c2ccnc3c2N1c1cccc2c1C3c1ccccc1-2. The molecule has 0 fully saturated rings. The molecule has 0 saturated carbocycles. The molecule has 2 aliphatic heterocycles. The van der Waals surface area contributed by atoms with Crippen molar-refractivity contribution in [1.82, 2.24) is 4.98 Å². The number of anilines is 3. The van der Waals surface area contributed by atoms with Crippen LogP contribution < -0.4 is 15.1 Å². The first-order valence-electron chi connectivity index (χ1n) is 11.0. The molecular weight excluding hydrogens is 377 g/mol. The first-order chi connectivity index (χ1) is 15.2. The van der Waals surface area contributed by atoms with Crippen molar-refractivity contribution in [3.63, 3.8) is 0 Å². The fraction of sp³-hybridized carbons (Fsp3) is 0.148. The summed E-state index contributed by atoms with van der Waals surface area (Å²) in [5.41, 5.74) is 14.6. The average Bonchev–Trinajstić information content (AvgIpc) is 3.27. The molecule has 3 nitrogen and oxygen atoms in total. The summed E-state index contributed by atoms with van der Waals surface area (Å²) in [6.07, 6.45) is 1.99. The monoisotopic (exact) mass is 399 g/mol. The molecule has 4 aromatic rings. The molecule has 0 saturated heterocycles. The van der Waals surface area contributed by atoms with Crippen molar-refractivity contribution in [3.8, 4) is 11.1 Å². The summed E-state index contributed by atoms with van der Waals surface area (Å²) < 4.78 is 0. The van der Waals surface area contributed by atoms with Crippen molar-refractivity contribution >= 4 is 29.5 Å². The van der Waals surface area contributed by atoms with Crippen LogP contribution in [0.5, 0.6) is 0 Å². The Kier molecular flexibility index (Phi) is 3.21. The van der Waals surface area contributed by atoms with Crippen molar-refractivity contribution in [3.05, 3.63) is 101 Å². The Morgan fingerprint density at radius 1 is 0.806 bits per heavy atom. The number of hydrogen-bond donors (Lipinski definition) is 0. The maximum atomic E-state index is 4.99. The number of benzene rings is 3. The molecule has 0 N–H and O–H groups in total.